The lowest BCUT2D eigenvalue weighted by Crippen LogP contribution is -2.31. The topological polar surface area (TPSA) is 104 Å². The van der Waals surface area contributed by atoms with E-state index in [2.05, 4.69) is 9.68 Å². The first-order valence-electron chi connectivity index (χ1n) is 11.3. The van der Waals surface area contributed by atoms with Crippen LogP contribution in [0, 0.1) is 18.4 Å². The standard InChI is InChI=1S/C26H23F3N4O3S/c1-16-23(18-4-3-5-19(12-18)26(27,28)29)24(34)22(14-33(16)20-8-9-20)25(35)31-13-17-6-10-21(11-7-17)37(2,36)32-15-30/h3-7,10-12,14,20H,8-9,13H2,1-2H3,(H,31,35). The lowest BCUT2D eigenvalue weighted by Gasteiger charge is -2.17. The number of carbonyl (C=O) groups excluding carboxylic acids is 1. The largest absolute Gasteiger partial charge is 0.416 e. The van der Waals surface area contributed by atoms with Gasteiger partial charge in [-0.15, -0.1) is 4.36 Å². The van der Waals surface area contributed by atoms with E-state index in [9.17, 15) is 27.0 Å². The minimum atomic E-state index is -4.57. The van der Waals surface area contributed by atoms with Crippen LogP contribution in [-0.2, 0) is 22.5 Å². The van der Waals surface area contributed by atoms with Crippen molar-refractivity contribution in [2.75, 3.05) is 6.26 Å². The van der Waals surface area contributed by atoms with Crippen molar-refractivity contribution in [2.24, 2.45) is 4.36 Å². The second-order valence-corrected chi connectivity index (χ2v) is 11.1. The Hall–Kier alpha value is -3.91. The van der Waals surface area contributed by atoms with Crippen LogP contribution < -0.4 is 10.7 Å². The van der Waals surface area contributed by atoms with Gasteiger partial charge in [0.05, 0.1) is 15.3 Å². The number of alkyl halides is 3. The van der Waals surface area contributed by atoms with Crippen molar-refractivity contribution in [3.05, 3.63) is 87.3 Å². The van der Waals surface area contributed by atoms with Gasteiger partial charge in [-0.25, -0.2) is 4.21 Å². The SMILES string of the molecule is Cc1c(-c2cccc(C(F)(F)F)c2)c(=O)c(C(=O)NCc2ccc(S(C)(=O)=NC#N)cc2)cn1C1CC1. The monoisotopic (exact) mass is 528 g/mol. The molecule has 1 fully saturated rings. The number of nitriles is 1. The Morgan fingerprint density at radius 2 is 1.89 bits per heavy atom. The maximum absolute atomic E-state index is 13.4. The summed E-state index contributed by atoms with van der Waals surface area (Å²) in [5, 5.41) is 11.4. The van der Waals surface area contributed by atoms with Crippen molar-refractivity contribution in [3.63, 3.8) is 0 Å². The summed E-state index contributed by atoms with van der Waals surface area (Å²) < 4.78 is 57.5. The highest BCUT2D eigenvalue weighted by Crippen LogP contribution is 2.38. The summed E-state index contributed by atoms with van der Waals surface area (Å²) in [6.07, 6.45) is 1.47. The van der Waals surface area contributed by atoms with E-state index in [-0.39, 0.29) is 29.3 Å². The molecule has 4 rings (SSSR count). The van der Waals surface area contributed by atoms with Gasteiger partial charge < -0.3 is 9.88 Å². The van der Waals surface area contributed by atoms with Crippen molar-refractivity contribution in [3.8, 4) is 17.3 Å². The van der Waals surface area contributed by atoms with Crippen LogP contribution in [0.1, 0.15) is 46.1 Å². The van der Waals surface area contributed by atoms with Gasteiger partial charge in [-0.05, 0) is 55.2 Å². The molecule has 1 aliphatic carbocycles. The van der Waals surface area contributed by atoms with Gasteiger partial charge in [0.1, 0.15) is 5.56 Å². The van der Waals surface area contributed by atoms with Crippen LogP contribution in [0.4, 0.5) is 13.2 Å². The number of hydrogen-bond donors (Lipinski definition) is 1. The van der Waals surface area contributed by atoms with Crippen molar-refractivity contribution in [2.45, 2.75) is 43.4 Å². The van der Waals surface area contributed by atoms with Crippen LogP contribution in [-0.4, -0.2) is 20.9 Å². The van der Waals surface area contributed by atoms with Crippen LogP contribution in [0.3, 0.4) is 0 Å². The zero-order chi connectivity index (χ0) is 27.0. The van der Waals surface area contributed by atoms with Crippen LogP contribution in [0.2, 0.25) is 0 Å². The van der Waals surface area contributed by atoms with E-state index in [0.717, 1.165) is 25.0 Å². The van der Waals surface area contributed by atoms with Gasteiger partial charge in [0.15, 0.2) is 0 Å². The number of benzene rings is 2. The summed E-state index contributed by atoms with van der Waals surface area (Å²) >= 11 is 0. The molecule has 3 aromatic rings. The maximum atomic E-state index is 13.4. The molecule has 1 atom stereocenters. The smallest absolute Gasteiger partial charge is 0.348 e. The average Bonchev–Trinajstić information content (AvgIpc) is 3.68. The Kier molecular flexibility index (Phi) is 6.97. The quantitative estimate of drug-likeness (QED) is 0.453. The van der Waals surface area contributed by atoms with E-state index in [4.69, 9.17) is 5.26 Å². The normalized spacial score (nSPS) is 14.9. The minimum absolute atomic E-state index is 0.0506. The second-order valence-electron chi connectivity index (χ2n) is 8.87. The predicted molar refractivity (Wildman–Crippen MR) is 132 cm³/mol. The summed E-state index contributed by atoms with van der Waals surface area (Å²) in [5.41, 5.74) is -0.367. The highest BCUT2D eigenvalue weighted by atomic mass is 32.2. The highest BCUT2D eigenvalue weighted by Gasteiger charge is 2.32. The van der Waals surface area contributed by atoms with Crippen LogP contribution >= 0.6 is 0 Å². The lowest BCUT2D eigenvalue weighted by atomic mass is 9.98. The van der Waals surface area contributed by atoms with Gasteiger partial charge in [0, 0.05) is 41.2 Å². The molecular weight excluding hydrogens is 505 g/mol. The van der Waals surface area contributed by atoms with Crippen LogP contribution in [0.5, 0.6) is 0 Å². The molecule has 1 aromatic heterocycles. The van der Waals surface area contributed by atoms with Crippen molar-refractivity contribution >= 4 is 15.6 Å². The van der Waals surface area contributed by atoms with Gasteiger partial charge in [-0.1, -0.05) is 24.3 Å². The third-order valence-electron chi connectivity index (χ3n) is 6.18. The fraction of sp³-hybridized carbons (Fsp3) is 0.269. The third kappa shape index (κ3) is 5.59. The first kappa shape index (κ1) is 26.2. The van der Waals surface area contributed by atoms with Crippen molar-refractivity contribution < 1.29 is 22.2 Å². The summed E-state index contributed by atoms with van der Waals surface area (Å²) in [4.78, 5) is 26.8. The third-order valence-corrected chi connectivity index (χ3v) is 7.76. The van der Waals surface area contributed by atoms with Gasteiger partial charge in [0.25, 0.3) is 5.91 Å². The first-order valence-corrected chi connectivity index (χ1v) is 13.3. The zero-order valence-electron chi connectivity index (χ0n) is 20.0. The Balaban J connectivity index is 1.66. The number of pyridine rings is 1. The molecule has 192 valence electrons. The average molecular weight is 529 g/mol. The molecule has 0 aliphatic heterocycles. The molecule has 0 bridgehead atoms. The summed E-state index contributed by atoms with van der Waals surface area (Å²) in [7, 11) is -2.85. The number of halogens is 3. The van der Waals surface area contributed by atoms with E-state index in [1.807, 2.05) is 0 Å². The Morgan fingerprint density at radius 1 is 1.22 bits per heavy atom. The molecule has 0 spiro atoms. The van der Waals surface area contributed by atoms with E-state index < -0.39 is 32.8 Å². The Labute approximate surface area is 211 Å². The maximum Gasteiger partial charge on any atom is 0.416 e. The molecule has 1 N–H and O–H groups in total. The van der Waals surface area contributed by atoms with Crippen LogP contribution in [0.15, 0.2) is 68.8 Å². The molecule has 1 aliphatic rings. The minimum Gasteiger partial charge on any atom is -0.348 e. The summed E-state index contributed by atoms with van der Waals surface area (Å²) in [6.45, 7) is 1.72. The van der Waals surface area contributed by atoms with Crippen molar-refractivity contribution in [1.82, 2.24) is 9.88 Å². The van der Waals surface area contributed by atoms with Gasteiger partial charge in [0.2, 0.25) is 11.6 Å². The summed E-state index contributed by atoms with van der Waals surface area (Å²) in [6, 6.07) is 10.9. The molecule has 1 unspecified atom stereocenters. The number of nitrogens with zero attached hydrogens (tertiary/aromatic N) is 3. The lowest BCUT2D eigenvalue weighted by molar-refractivity contribution is -0.137. The second kappa shape index (κ2) is 9.86. The number of rotatable bonds is 6. The fourth-order valence-corrected chi connectivity index (χ4v) is 4.98. The molecular formula is C26H23F3N4O3S. The number of amides is 1. The molecule has 1 amide bonds. The van der Waals surface area contributed by atoms with E-state index in [1.165, 1.54) is 30.8 Å². The predicted octanol–water partition coefficient (Wildman–Crippen LogP) is 5.05. The molecule has 37 heavy (non-hydrogen) atoms. The van der Waals surface area contributed by atoms with Gasteiger partial charge in [-0.2, -0.15) is 18.4 Å². The summed E-state index contributed by atoms with van der Waals surface area (Å²) in [5.74, 6) is -0.657. The fourth-order valence-electron chi connectivity index (χ4n) is 4.08. The highest BCUT2D eigenvalue weighted by molar-refractivity contribution is 7.93. The molecule has 2 aromatic carbocycles. The number of hydrogen-bond acceptors (Lipinski definition) is 5. The molecule has 0 saturated heterocycles. The van der Waals surface area contributed by atoms with Crippen molar-refractivity contribution in [1.29, 1.82) is 5.26 Å². The number of carbonyl (C=O) groups is 1. The Morgan fingerprint density at radius 3 is 2.49 bits per heavy atom. The first-order chi connectivity index (χ1) is 17.4. The zero-order valence-corrected chi connectivity index (χ0v) is 20.8. The van der Waals surface area contributed by atoms with E-state index >= 15 is 0 Å². The van der Waals surface area contributed by atoms with Gasteiger partial charge >= 0.3 is 6.18 Å². The van der Waals surface area contributed by atoms with Crippen LogP contribution in [0.25, 0.3) is 11.1 Å². The van der Waals surface area contributed by atoms with E-state index in [1.54, 1.807) is 35.8 Å². The Bertz CT molecular complexity index is 1590. The number of aromatic nitrogens is 1. The van der Waals surface area contributed by atoms with Gasteiger partial charge in [-0.3, -0.25) is 9.59 Å². The molecule has 1 heterocycles. The van der Waals surface area contributed by atoms with E-state index in [0.29, 0.717) is 16.2 Å². The molecule has 7 nitrogen and oxygen atoms in total. The molecule has 1 saturated carbocycles. The number of nitrogens with one attached hydrogen (secondary N) is 1. The molecule has 11 heteroatoms. The molecule has 0 radical (unpaired) electrons.